The standard InChI is InChI=1S/C31H35N7O6/c32-26(39)21-12-37(13-22(21)27(33)40)30(43)16-3-5-17(6-4-16)31(44)38-14-23(28(41)35-19-7-8-19)24(15-38)29(42)36-25-10-20(25)18-2-1-9-34-11-18/h1-6,9,11,19-25H,7-8,10,12-15H2,(H2,32,39)(H2,33,40)(H,35,41)(H,36,42)/t20-,21+,22+,23+,24+,25+/m0/s1. The van der Waals surface area contributed by atoms with Crippen molar-refractivity contribution < 1.29 is 28.8 Å². The summed E-state index contributed by atoms with van der Waals surface area (Å²) >= 11 is 0. The van der Waals surface area contributed by atoms with Crippen LogP contribution in [0.25, 0.3) is 0 Å². The number of amides is 6. The van der Waals surface area contributed by atoms with Crippen LogP contribution in [0.4, 0.5) is 0 Å². The highest BCUT2D eigenvalue weighted by Gasteiger charge is 2.48. The summed E-state index contributed by atoms with van der Waals surface area (Å²) in [6.07, 6.45) is 6.09. The Morgan fingerprint density at radius 2 is 1.20 bits per heavy atom. The minimum Gasteiger partial charge on any atom is -0.369 e. The van der Waals surface area contributed by atoms with Crippen molar-refractivity contribution in [3.05, 3.63) is 65.5 Å². The zero-order chi connectivity index (χ0) is 31.1. The molecule has 6 atom stereocenters. The van der Waals surface area contributed by atoms with Gasteiger partial charge in [-0.2, -0.15) is 0 Å². The fourth-order valence-electron chi connectivity index (χ4n) is 6.31. The third kappa shape index (κ3) is 5.99. The van der Waals surface area contributed by atoms with Gasteiger partial charge >= 0.3 is 0 Å². The SMILES string of the molecule is NC(=O)[C@@H]1CN(C(=O)c2ccc(C(=O)N3C[C@@H](C(=O)NC4CC4)[C@H](C(=O)N[C@@H]4C[C@H]4c4cccnc4)C3)cc2)C[C@H]1C(N)=O. The number of primary amides is 2. The second-order valence-electron chi connectivity index (χ2n) is 12.3. The van der Waals surface area contributed by atoms with Crippen LogP contribution in [-0.2, 0) is 19.2 Å². The molecule has 3 heterocycles. The summed E-state index contributed by atoms with van der Waals surface area (Å²) in [5.41, 5.74) is 12.4. The molecule has 4 aliphatic rings. The molecule has 4 fully saturated rings. The van der Waals surface area contributed by atoms with Gasteiger partial charge in [0.2, 0.25) is 23.6 Å². The Kier molecular flexibility index (Phi) is 7.78. The first-order valence-electron chi connectivity index (χ1n) is 14.9. The van der Waals surface area contributed by atoms with Gasteiger partial charge in [0.15, 0.2) is 0 Å². The lowest BCUT2D eigenvalue weighted by atomic mass is 9.94. The Balaban J connectivity index is 1.11. The molecule has 2 saturated carbocycles. The summed E-state index contributed by atoms with van der Waals surface area (Å²) in [7, 11) is 0. The van der Waals surface area contributed by atoms with Gasteiger partial charge in [-0.05, 0) is 55.2 Å². The third-order valence-electron chi connectivity index (χ3n) is 9.15. The van der Waals surface area contributed by atoms with Crippen LogP contribution in [0, 0.1) is 23.7 Å². The summed E-state index contributed by atoms with van der Waals surface area (Å²) in [6, 6.07) is 9.93. The molecule has 0 bridgehead atoms. The van der Waals surface area contributed by atoms with Gasteiger partial charge in [-0.25, -0.2) is 0 Å². The number of hydrogen-bond acceptors (Lipinski definition) is 7. The van der Waals surface area contributed by atoms with Gasteiger partial charge in [0.05, 0.1) is 23.7 Å². The number of hydrogen-bond donors (Lipinski definition) is 4. The van der Waals surface area contributed by atoms with Crippen LogP contribution in [0.1, 0.15) is 51.5 Å². The molecule has 0 radical (unpaired) electrons. The highest BCUT2D eigenvalue weighted by Crippen LogP contribution is 2.41. The number of benzene rings is 1. The van der Waals surface area contributed by atoms with E-state index in [9.17, 15) is 28.8 Å². The number of nitrogens with two attached hydrogens (primary N) is 2. The van der Waals surface area contributed by atoms with E-state index in [-0.39, 0.29) is 67.5 Å². The molecule has 1 aromatic carbocycles. The van der Waals surface area contributed by atoms with E-state index in [1.807, 2.05) is 12.1 Å². The molecule has 13 heteroatoms. The van der Waals surface area contributed by atoms with Gasteiger partial charge in [-0.1, -0.05) is 6.07 Å². The molecular weight excluding hydrogens is 566 g/mol. The van der Waals surface area contributed by atoms with Crippen molar-refractivity contribution in [3.63, 3.8) is 0 Å². The van der Waals surface area contributed by atoms with Crippen LogP contribution < -0.4 is 22.1 Å². The molecule has 1 aromatic heterocycles. The Labute approximate surface area is 253 Å². The topological polar surface area (TPSA) is 198 Å². The summed E-state index contributed by atoms with van der Waals surface area (Å²) in [6.45, 7) is 0.153. The summed E-state index contributed by atoms with van der Waals surface area (Å²) in [5.74, 6) is -5.55. The van der Waals surface area contributed by atoms with Crippen LogP contribution in [-0.4, -0.2) is 88.5 Å². The van der Waals surface area contributed by atoms with Gasteiger partial charge in [0, 0.05) is 67.7 Å². The van der Waals surface area contributed by atoms with Crippen LogP contribution >= 0.6 is 0 Å². The molecular formula is C31H35N7O6. The second kappa shape index (κ2) is 11.7. The van der Waals surface area contributed by atoms with E-state index in [1.165, 1.54) is 34.1 Å². The minimum absolute atomic E-state index is 0.0200. The molecule has 0 unspecified atom stereocenters. The highest BCUT2D eigenvalue weighted by molar-refractivity contribution is 6.00. The van der Waals surface area contributed by atoms with Crippen LogP contribution in [0.5, 0.6) is 0 Å². The normalized spacial score (nSPS) is 27.5. The molecule has 6 amide bonds. The van der Waals surface area contributed by atoms with Crippen LogP contribution in [0.15, 0.2) is 48.8 Å². The molecule has 2 aliphatic carbocycles. The van der Waals surface area contributed by atoms with E-state index in [0.29, 0.717) is 5.56 Å². The maximum absolute atomic E-state index is 13.5. The number of pyridine rings is 1. The quantitative estimate of drug-likeness (QED) is 0.294. The minimum atomic E-state index is -0.858. The summed E-state index contributed by atoms with van der Waals surface area (Å²) < 4.78 is 0. The third-order valence-corrected chi connectivity index (χ3v) is 9.15. The average Bonchev–Trinajstić information content (AvgIpc) is 3.89. The molecule has 0 spiro atoms. The van der Waals surface area contributed by atoms with Crippen LogP contribution in [0.3, 0.4) is 0 Å². The van der Waals surface area contributed by atoms with E-state index >= 15 is 0 Å². The Bertz CT molecular complexity index is 1470. The number of nitrogens with zero attached hydrogens (tertiary/aromatic N) is 3. The lowest BCUT2D eigenvalue weighted by molar-refractivity contribution is -0.133. The van der Waals surface area contributed by atoms with E-state index in [1.54, 1.807) is 12.4 Å². The molecule has 13 nitrogen and oxygen atoms in total. The van der Waals surface area contributed by atoms with Crippen molar-refractivity contribution in [2.24, 2.45) is 35.1 Å². The fourth-order valence-corrected chi connectivity index (χ4v) is 6.31. The summed E-state index contributed by atoms with van der Waals surface area (Å²) in [5, 5.41) is 6.06. The van der Waals surface area contributed by atoms with Gasteiger partial charge < -0.3 is 31.9 Å². The number of carbonyl (C=O) groups is 6. The smallest absolute Gasteiger partial charge is 0.253 e. The number of rotatable bonds is 9. The van der Waals surface area contributed by atoms with E-state index in [0.717, 1.165) is 24.8 Å². The predicted octanol–water partition coefficient (Wildman–Crippen LogP) is -0.620. The first kappa shape index (κ1) is 29.3. The molecule has 2 aromatic rings. The molecule has 2 saturated heterocycles. The molecule has 44 heavy (non-hydrogen) atoms. The Hall–Kier alpha value is -4.81. The fraction of sp³-hybridized carbons (Fsp3) is 0.452. The maximum atomic E-state index is 13.5. The Morgan fingerprint density at radius 1 is 0.705 bits per heavy atom. The molecule has 230 valence electrons. The molecule has 6 rings (SSSR count). The maximum Gasteiger partial charge on any atom is 0.253 e. The predicted molar refractivity (Wildman–Crippen MR) is 155 cm³/mol. The van der Waals surface area contributed by atoms with E-state index < -0.39 is 41.4 Å². The van der Waals surface area contributed by atoms with Gasteiger partial charge in [-0.15, -0.1) is 0 Å². The van der Waals surface area contributed by atoms with Gasteiger partial charge in [0.1, 0.15) is 0 Å². The van der Waals surface area contributed by atoms with Gasteiger partial charge in [-0.3, -0.25) is 33.8 Å². The van der Waals surface area contributed by atoms with Crippen molar-refractivity contribution in [1.82, 2.24) is 25.4 Å². The Morgan fingerprint density at radius 3 is 1.66 bits per heavy atom. The highest BCUT2D eigenvalue weighted by atomic mass is 16.2. The van der Waals surface area contributed by atoms with Gasteiger partial charge in [0.25, 0.3) is 11.8 Å². The van der Waals surface area contributed by atoms with Crippen molar-refractivity contribution in [2.45, 2.75) is 37.3 Å². The average molecular weight is 602 g/mol. The van der Waals surface area contributed by atoms with E-state index in [4.69, 9.17) is 11.5 Å². The summed E-state index contributed by atoms with van der Waals surface area (Å²) in [4.78, 5) is 83.7. The largest absolute Gasteiger partial charge is 0.369 e. The zero-order valence-electron chi connectivity index (χ0n) is 24.1. The zero-order valence-corrected chi connectivity index (χ0v) is 24.1. The number of nitrogens with one attached hydrogen (secondary N) is 2. The molecule has 6 N–H and O–H groups in total. The number of aromatic nitrogens is 1. The van der Waals surface area contributed by atoms with Crippen molar-refractivity contribution in [1.29, 1.82) is 0 Å². The first-order chi connectivity index (χ1) is 21.1. The lowest BCUT2D eigenvalue weighted by Crippen LogP contribution is -2.43. The lowest BCUT2D eigenvalue weighted by Gasteiger charge is -2.18. The number of carbonyl (C=O) groups excluding carboxylic acids is 6. The second-order valence-corrected chi connectivity index (χ2v) is 12.3. The van der Waals surface area contributed by atoms with Crippen molar-refractivity contribution in [3.8, 4) is 0 Å². The van der Waals surface area contributed by atoms with Crippen LogP contribution in [0.2, 0.25) is 0 Å². The first-order valence-corrected chi connectivity index (χ1v) is 14.9. The van der Waals surface area contributed by atoms with Crippen molar-refractivity contribution in [2.75, 3.05) is 26.2 Å². The number of likely N-dealkylation sites (tertiary alicyclic amines) is 2. The van der Waals surface area contributed by atoms with Crippen molar-refractivity contribution >= 4 is 35.4 Å². The van der Waals surface area contributed by atoms with E-state index in [2.05, 4.69) is 15.6 Å². The monoisotopic (exact) mass is 601 g/mol. The molecule has 2 aliphatic heterocycles.